The van der Waals surface area contributed by atoms with Crippen LogP contribution in [0.2, 0.25) is 0 Å². The van der Waals surface area contributed by atoms with Crippen LogP contribution in [-0.4, -0.2) is 45.5 Å². The lowest BCUT2D eigenvalue weighted by molar-refractivity contribution is -0.309. The minimum Gasteiger partial charge on any atom is -0.410 e. The van der Waals surface area contributed by atoms with E-state index in [9.17, 15) is 27.9 Å². The summed E-state index contributed by atoms with van der Waals surface area (Å²) in [6, 6.07) is 1.67. The first-order valence-corrected chi connectivity index (χ1v) is 14.1. The van der Waals surface area contributed by atoms with Crippen LogP contribution < -0.4 is 10.6 Å². The normalized spacial score (nSPS) is 21.0. The van der Waals surface area contributed by atoms with Crippen LogP contribution in [0.15, 0.2) is 24.0 Å². The first-order chi connectivity index (χ1) is 18.3. The van der Waals surface area contributed by atoms with Crippen LogP contribution in [0.1, 0.15) is 95.4 Å². The zero-order valence-electron chi connectivity index (χ0n) is 24.7. The van der Waals surface area contributed by atoms with Gasteiger partial charge in [0.15, 0.2) is 0 Å². The van der Waals surface area contributed by atoms with Gasteiger partial charge in [-0.25, -0.2) is 0 Å². The van der Waals surface area contributed by atoms with E-state index in [1.807, 2.05) is 32.3 Å². The summed E-state index contributed by atoms with van der Waals surface area (Å²) in [6.07, 6.45) is 3.55. The number of nitrogens with one attached hydrogen (secondary N) is 2. The maximum Gasteiger partial charge on any atom is 0.572 e. The Bertz CT molecular complexity index is 1150. The Morgan fingerprint density at radius 2 is 1.73 bits per heavy atom. The summed E-state index contributed by atoms with van der Waals surface area (Å²) in [5.41, 5.74) is 0.305. The fraction of sp³-hybridized carbons (Fsp3) is 0.667. The van der Waals surface area contributed by atoms with Gasteiger partial charge < -0.3 is 25.0 Å². The molecule has 0 aliphatic heterocycles. The largest absolute Gasteiger partial charge is 0.572 e. The highest BCUT2D eigenvalue weighted by molar-refractivity contribution is 5.97. The lowest BCUT2D eigenvalue weighted by Gasteiger charge is -2.31. The number of aliphatic hydroxyl groups is 1. The summed E-state index contributed by atoms with van der Waals surface area (Å²) in [6.45, 7) is 12.6. The van der Waals surface area contributed by atoms with E-state index in [2.05, 4.69) is 15.4 Å². The van der Waals surface area contributed by atoms with E-state index in [0.29, 0.717) is 35.0 Å². The molecule has 0 radical (unpaired) electrons. The molecule has 40 heavy (non-hydrogen) atoms. The molecule has 3 rings (SSSR count). The van der Waals surface area contributed by atoms with Gasteiger partial charge >= 0.3 is 6.36 Å². The topological polar surface area (TPSA) is 92.6 Å². The minimum absolute atomic E-state index is 0.0349. The van der Waals surface area contributed by atoms with Crippen molar-refractivity contribution < 1.29 is 32.6 Å². The molecule has 0 bridgehead atoms. The van der Waals surface area contributed by atoms with Crippen molar-refractivity contribution in [1.82, 2.24) is 15.2 Å². The molecule has 0 aromatic carbocycles. The van der Waals surface area contributed by atoms with Gasteiger partial charge in [0.25, 0.3) is 5.91 Å². The lowest BCUT2D eigenvalue weighted by Crippen LogP contribution is -2.45. The Balaban J connectivity index is 2.12. The monoisotopic (exact) mass is 567 g/mol. The molecule has 2 aliphatic carbocycles. The standard InChI is InChI=1S/C30H44F3N3O4/c1-18-22(27(38)35-28(3,4)5)13-21(14-25(18)40-30(31,32)33)24-15-23(26(37)34-17-29(6,7)39)19(2)36(24)16-20-11-9-8-10-12-20/h13-15,18,20,22,39H,8-12,16-17H2,1-7H3,(H,34,37)(H,35,38). The van der Waals surface area contributed by atoms with E-state index < -0.39 is 35.2 Å². The third kappa shape index (κ3) is 8.62. The van der Waals surface area contributed by atoms with Crippen LogP contribution in [0.25, 0.3) is 5.57 Å². The van der Waals surface area contributed by atoms with E-state index >= 15 is 0 Å². The summed E-state index contributed by atoms with van der Waals surface area (Å²) in [5.74, 6) is -2.54. The first-order valence-electron chi connectivity index (χ1n) is 14.1. The Morgan fingerprint density at radius 3 is 2.27 bits per heavy atom. The van der Waals surface area contributed by atoms with Crippen molar-refractivity contribution in [2.45, 2.75) is 105 Å². The molecule has 2 amide bonds. The van der Waals surface area contributed by atoms with E-state index in [1.54, 1.807) is 32.9 Å². The predicted octanol–water partition coefficient (Wildman–Crippen LogP) is 5.86. The molecule has 1 heterocycles. The Kier molecular flexibility index (Phi) is 9.54. The molecule has 2 atom stereocenters. The van der Waals surface area contributed by atoms with Gasteiger partial charge in [0.2, 0.25) is 5.91 Å². The van der Waals surface area contributed by atoms with Crippen LogP contribution in [0.4, 0.5) is 13.2 Å². The molecular formula is C30H44F3N3O4. The predicted molar refractivity (Wildman–Crippen MR) is 148 cm³/mol. The average molecular weight is 568 g/mol. The fourth-order valence-corrected chi connectivity index (χ4v) is 5.39. The number of hydrogen-bond donors (Lipinski definition) is 3. The number of ether oxygens (including phenoxy) is 1. The number of carbonyl (C=O) groups is 2. The second-order valence-electron chi connectivity index (χ2n) is 12.9. The number of nitrogens with zero attached hydrogens (tertiary/aromatic N) is 1. The molecule has 1 aromatic heterocycles. The van der Waals surface area contributed by atoms with Gasteiger partial charge in [-0.3, -0.25) is 9.59 Å². The van der Waals surface area contributed by atoms with Gasteiger partial charge in [0.05, 0.1) is 17.1 Å². The van der Waals surface area contributed by atoms with Gasteiger partial charge in [-0.15, -0.1) is 13.2 Å². The van der Waals surface area contributed by atoms with Crippen molar-refractivity contribution in [3.05, 3.63) is 40.9 Å². The highest BCUT2D eigenvalue weighted by Gasteiger charge is 2.40. The average Bonchev–Trinajstić information content (AvgIpc) is 3.13. The Labute approximate surface area is 235 Å². The Hall–Kier alpha value is -2.75. The molecule has 0 saturated heterocycles. The van der Waals surface area contributed by atoms with Crippen LogP contribution >= 0.6 is 0 Å². The van der Waals surface area contributed by atoms with Crippen molar-refractivity contribution in [3.63, 3.8) is 0 Å². The van der Waals surface area contributed by atoms with E-state index in [1.165, 1.54) is 12.5 Å². The van der Waals surface area contributed by atoms with Crippen LogP contribution in [0, 0.1) is 24.7 Å². The van der Waals surface area contributed by atoms with Crippen molar-refractivity contribution in [3.8, 4) is 0 Å². The highest BCUT2D eigenvalue weighted by Crippen LogP contribution is 2.39. The second kappa shape index (κ2) is 12.0. The third-order valence-electron chi connectivity index (χ3n) is 7.43. The number of alkyl halides is 3. The third-order valence-corrected chi connectivity index (χ3v) is 7.43. The van der Waals surface area contributed by atoms with Crippen molar-refractivity contribution in [2.75, 3.05) is 6.54 Å². The number of allylic oxidation sites excluding steroid dienone is 3. The Morgan fingerprint density at radius 1 is 1.10 bits per heavy atom. The van der Waals surface area contributed by atoms with Crippen molar-refractivity contribution in [1.29, 1.82) is 0 Å². The number of aromatic nitrogens is 1. The maximum atomic E-state index is 13.4. The van der Waals surface area contributed by atoms with E-state index in [4.69, 9.17) is 0 Å². The minimum atomic E-state index is -4.92. The first kappa shape index (κ1) is 31.8. The van der Waals surface area contributed by atoms with Gasteiger partial charge in [-0.1, -0.05) is 32.3 Å². The summed E-state index contributed by atoms with van der Waals surface area (Å²) in [5, 5.41) is 15.7. The molecule has 2 unspecified atom stereocenters. The lowest BCUT2D eigenvalue weighted by atomic mass is 9.83. The second-order valence-corrected chi connectivity index (χ2v) is 12.9. The smallest absolute Gasteiger partial charge is 0.410 e. The molecule has 1 aromatic rings. The summed E-state index contributed by atoms with van der Waals surface area (Å²) in [4.78, 5) is 26.4. The summed E-state index contributed by atoms with van der Waals surface area (Å²) >= 11 is 0. The molecule has 2 aliphatic rings. The molecule has 1 saturated carbocycles. The summed E-state index contributed by atoms with van der Waals surface area (Å²) in [7, 11) is 0. The van der Waals surface area contributed by atoms with Crippen molar-refractivity contribution in [2.24, 2.45) is 17.8 Å². The van der Waals surface area contributed by atoms with Gasteiger partial charge in [-0.2, -0.15) is 0 Å². The molecule has 7 nitrogen and oxygen atoms in total. The molecule has 224 valence electrons. The molecule has 3 N–H and O–H groups in total. The maximum absolute atomic E-state index is 13.4. The number of hydrogen-bond acceptors (Lipinski definition) is 4. The number of halogens is 3. The zero-order valence-corrected chi connectivity index (χ0v) is 24.7. The van der Waals surface area contributed by atoms with E-state index in [0.717, 1.165) is 25.7 Å². The molecular weight excluding hydrogens is 523 g/mol. The molecule has 0 spiro atoms. The number of carbonyl (C=O) groups excluding carboxylic acids is 2. The quantitative estimate of drug-likeness (QED) is 0.367. The van der Waals surface area contributed by atoms with E-state index in [-0.39, 0.29) is 18.2 Å². The zero-order chi connectivity index (χ0) is 30.0. The van der Waals surface area contributed by atoms with Gasteiger partial charge in [0.1, 0.15) is 5.76 Å². The van der Waals surface area contributed by atoms with Crippen LogP contribution in [-0.2, 0) is 16.1 Å². The van der Waals surface area contributed by atoms with Gasteiger partial charge in [0, 0.05) is 35.9 Å². The molecule has 10 heteroatoms. The highest BCUT2D eigenvalue weighted by atomic mass is 19.4. The summed E-state index contributed by atoms with van der Waals surface area (Å²) < 4.78 is 46.7. The van der Waals surface area contributed by atoms with Gasteiger partial charge in [-0.05, 0) is 78.0 Å². The SMILES string of the molecule is Cc1c(C(=O)NCC(C)(C)O)cc(C2=CC(C(=O)NC(C)(C)C)C(C)C(OC(F)(F)F)=C2)n1CC1CCCCC1. The number of rotatable bonds is 8. The van der Waals surface area contributed by atoms with Crippen LogP contribution in [0.5, 0.6) is 0 Å². The van der Waals surface area contributed by atoms with Crippen LogP contribution in [0.3, 0.4) is 0 Å². The van der Waals surface area contributed by atoms with Crippen molar-refractivity contribution >= 4 is 17.4 Å². The number of amides is 2. The molecule has 1 fully saturated rings. The fourth-order valence-electron chi connectivity index (χ4n) is 5.39.